The summed E-state index contributed by atoms with van der Waals surface area (Å²) in [5.41, 5.74) is 0.0140. The third-order valence-electron chi connectivity index (χ3n) is 4.37. The standard InChI is InChI=1S/C18H15NO3S/c20-16(19-11-18(7-8-18)15-6-3-9-23-15)13-10-12-4-1-2-5-14(12)22-17(13)21/h1-6,9-10H,7-8,11H2,(H,19,20). The van der Waals surface area contributed by atoms with E-state index >= 15 is 0 Å². The Morgan fingerprint density at radius 2 is 2.04 bits per heavy atom. The normalized spacial score (nSPS) is 15.5. The first-order valence-corrected chi connectivity index (χ1v) is 8.41. The number of para-hydroxylation sites is 1. The van der Waals surface area contributed by atoms with Crippen LogP contribution in [0.1, 0.15) is 28.1 Å². The second kappa shape index (κ2) is 5.35. The van der Waals surface area contributed by atoms with Crippen molar-refractivity contribution in [2.75, 3.05) is 6.54 Å². The van der Waals surface area contributed by atoms with E-state index in [0.29, 0.717) is 12.1 Å². The van der Waals surface area contributed by atoms with E-state index in [4.69, 9.17) is 4.42 Å². The van der Waals surface area contributed by atoms with Crippen LogP contribution in [0.4, 0.5) is 0 Å². The van der Waals surface area contributed by atoms with E-state index in [-0.39, 0.29) is 16.9 Å². The van der Waals surface area contributed by atoms with E-state index in [0.717, 1.165) is 18.2 Å². The zero-order valence-electron chi connectivity index (χ0n) is 12.4. The second-order valence-corrected chi connectivity index (χ2v) is 6.87. The summed E-state index contributed by atoms with van der Waals surface area (Å²) in [5, 5.41) is 5.70. The summed E-state index contributed by atoms with van der Waals surface area (Å²) < 4.78 is 5.22. The molecule has 1 aliphatic carbocycles. The van der Waals surface area contributed by atoms with Gasteiger partial charge in [-0.25, -0.2) is 4.79 Å². The topological polar surface area (TPSA) is 59.3 Å². The average molecular weight is 325 g/mol. The van der Waals surface area contributed by atoms with E-state index in [1.165, 1.54) is 4.88 Å². The fourth-order valence-electron chi connectivity index (χ4n) is 2.81. The molecular formula is C18H15NO3S. The molecule has 0 unspecified atom stereocenters. The summed E-state index contributed by atoms with van der Waals surface area (Å²) in [4.78, 5) is 25.7. The zero-order chi connectivity index (χ0) is 15.9. The van der Waals surface area contributed by atoms with Crippen LogP contribution < -0.4 is 10.9 Å². The largest absolute Gasteiger partial charge is 0.422 e. The summed E-state index contributed by atoms with van der Waals surface area (Å²) in [6.45, 7) is 0.554. The van der Waals surface area contributed by atoms with Gasteiger partial charge in [0.25, 0.3) is 5.91 Å². The van der Waals surface area contributed by atoms with Crippen molar-refractivity contribution in [2.45, 2.75) is 18.3 Å². The fraction of sp³-hybridized carbons (Fsp3) is 0.222. The first-order chi connectivity index (χ1) is 11.2. The van der Waals surface area contributed by atoms with Gasteiger partial charge in [0.15, 0.2) is 0 Å². The lowest BCUT2D eigenvalue weighted by Crippen LogP contribution is -2.34. The highest BCUT2D eigenvalue weighted by Gasteiger charge is 2.45. The molecule has 0 radical (unpaired) electrons. The summed E-state index contributed by atoms with van der Waals surface area (Å²) in [6, 6.07) is 12.9. The first kappa shape index (κ1) is 14.2. The van der Waals surface area contributed by atoms with Crippen molar-refractivity contribution in [1.82, 2.24) is 5.32 Å². The molecule has 2 aromatic heterocycles. The van der Waals surface area contributed by atoms with Crippen LogP contribution in [0.2, 0.25) is 0 Å². The molecule has 1 fully saturated rings. The first-order valence-electron chi connectivity index (χ1n) is 7.53. The Morgan fingerprint density at radius 3 is 2.78 bits per heavy atom. The quantitative estimate of drug-likeness (QED) is 0.749. The van der Waals surface area contributed by atoms with Gasteiger partial charge in [-0.05, 0) is 36.4 Å². The summed E-state index contributed by atoms with van der Waals surface area (Å²) in [7, 11) is 0. The van der Waals surface area contributed by atoms with Crippen LogP contribution in [-0.4, -0.2) is 12.5 Å². The SMILES string of the molecule is O=C(NCC1(c2cccs2)CC1)c1cc2ccccc2oc1=O. The number of carbonyl (C=O) groups excluding carboxylic acids is 1. The molecule has 4 rings (SSSR count). The van der Waals surface area contributed by atoms with Crippen LogP contribution in [0.15, 0.2) is 57.1 Å². The molecule has 2 heterocycles. The molecule has 0 aliphatic heterocycles. The lowest BCUT2D eigenvalue weighted by atomic mass is 10.1. The van der Waals surface area contributed by atoms with Crippen molar-refractivity contribution < 1.29 is 9.21 Å². The highest BCUT2D eigenvalue weighted by atomic mass is 32.1. The van der Waals surface area contributed by atoms with Crippen molar-refractivity contribution in [3.8, 4) is 0 Å². The number of hydrogen-bond acceptors (Lipinski definition) is 4. The molecule has 1 N–H and O–H groups in total. The van der Waals surface area contributed by atoms with E-state index in [1.54, 1.807) is 29.5 Å². The maximum atomic E-state index is 12.4. The van der Waals surface area contributed by atoms with Gasteiger partial charge in [0.1, 0.15) is 11.1 Å². The third kappa shape index (κ3) is 2.57. The number of hydrogen-bond donors (Lipinski definition) is 1. The Hall–Kier alpha value is -2.40. The molecular weight excluding hydrogens is 310 g/mol. The van der Waals surface area contributed by atoms with Crippen molar-refractivity contribution in [3.05, 3.63) is 68.7 Å². The second-order valence-electron chi connectivity index (χ2n) is 5.93. The lowest BCUT2D eigenvalue weighted by molar-refractivity contribution is 0.0946. The van der Waals surface area contributed by atoms with Gasteiger partial charge in [-0.3, -0.25) is 4.79 Å². The number of amides is 1. The summed E-state index contributed by atoms with van der Waals surface area (Å²) in [5.74, 6) is -0.368. The third-order valence-corrected chi connectivity index (χ3v) is 5.49. The maximum absolute atomic E-state index is 12.4. The van der Waals surface area contributed by atoms with Crippen LogP contribution in [0.25, 0.3) is 11.0 Å². The smallest absolute Gasteiger partial charge is 0.349 e. The Morgan fingerprint density at radius 1 is 1.22 bits per heavy atom. The fourth-order valence-corrected chi connectivity index (χ4v) is 3.79. The Balaban J connectivity index is 1.56. The highest BCUT2D eigenvalue weighted by molar-refractivity contribution is 7.10. The van der Waals surface area contributed by atoms with Crippen LogP contribution in [0, 0.1) is 0 Å². The average Bonchev–Trinajstić information content (AvgIpc) is 3.14. The monoisotopic (exact) mass is 325 g/mol. The molecule has 0 saturated heterocycles. The van der Waals surface area contributed by atoms with Crippen molar-refractivity contribution in [1.29, 1.82) is 0 Å². The van der Waals surface area contributed by atoms with E-state index in [1.807, 2.05) is 18.2 Å². The maximum Gasteiger partial charge on any atom is 0.349 e. The molecule has 3 aromatic rings. The van der Waals surface area contributed by atoms with Gasteiger partial charge in [-0.1, -0.05) is 24.3 Å². The predicted octanol–water partition coefficient (Wildman–Crippen LogP) is 3.32. The molecule has 4 nitrogen and oxygen atoms in total. The number of nitrogens with one attached hydrogen (secondary N) is 1. The number of thiophene rings is 1. The van der Waals surface area contributed by atoms with Crippen molar-refractivity contribution in [2.24, 2.45) is 0 Å². The van der Waals surface area contributed by atoms with Crippen molar-refractivity contribution in [3.63, 3.8) is 0 Å². The minimum atomic E-state index is -0.595. The molecule has 23 heavy (non-hydrogen) atoms. The number of benzene rings is 1. The van der Waals surface area contributed by atoms with Gasteiger partial charge >= 0.3 is 5.63 Å². The van der Waals surface area contributed by atoms with Crippen LogP contribution in [-0.2, 0) is 5.41 Å². The van der Waals surface area contributed by atoms with Gasteiger partial charge in [0, 0.05) is 22.2 Å². The molecule has 0 spiro atoms. The Labute approximate surface area is 136 Å². The van der Waals surface area contributed by atoms with Gasteiger partial charge in [0.2, 0.25) is 0 Å². The molecule has 5 heteroatoms. The molecule has 116 valence electrons. The number of rotatable bonds is 4. The Kier molecular flexibility index (Phi) is 3.31. The van der Waals surface area contributed by atoms with Gasteiger partial charge in [-0.2, -0.15) is 0 Å². The molecule has 0 atom stereocenters. The minimum absolute atomic E-state index is 0.0564. The summed E-state index contributed by atoms with van der Waals surface area (Å²) in [6.07, 6.45) is 2.14. The number of carbonyl (C=O) groups is 1. The summed E-state index contributed by atoms with van der Waals surface area (Å²) >= 11 is 1.71. The molecule has 1 amide bonds. The highest BCUT2D eigenvalue weighted by Crippen LogP contribution is 2.49. The minimum Gasteiger partial charge on any atom is -0.422 e. The van der Waals surface area contributed by atoms with Crippen LogP contribution in [0.3, 0.4) is 0 Å². The van der Waals surface area contributed by atoms with Crippen LogP contribution >= 0.6 is 11.3 Å². The predicted molar refractivity (Wildman–Crippen MR) is 90.0 cm³/mol. The molecule has 1 aromatic carbocycles. The van der Waals surface area contributed by atoms with Gasteiger partial charge < -0.3 is 9.73 Å². The van der Waals surface area contributed by atoms with Crippen LogP contribution in [0.5, 0.6) is 0 Å². The Bertz CT molecular complexity index is 923. The zero-order valence-corrected chi connectivity index (χ0v) is 13.2. The number of fused-ring (bicyclic) bond motifs is 1. The van der Waals surface area contributed by atoms with E-state index < -0.39 is 5.63 Å². The van der Waals surface area contributed by atoms with Gasteiger partial charge in [0.05, 0.1) is 0 Å². The molecule has 1 aliphatic rings. The van der Waals surface area contributed by atoms with Gasteiger partial charge in [-0.15, -0.1) is 11.3 Å². The van der Waals surface area contributed by atoms with E-state index in [2.05, 4.69) is 16.8 Å². The lowest BCUT2D eigenvalue weighted by Gasteiger charge is -2.14. The van der Waals surface area contributed by atoms with Crippen molar-refractivity contribution >= 4 is 28.2 Å². The molecule has 1 saturated carbocycles. The molecule has 0 bridgehead atoms. The van der Waals surface area contributed by atoms with E-state index in [9.17, 15) is 9.59 Å².